The third-order valence-corrected chi connectivity index (χ3v) is 8.32. The number of carbonyl (C=O) groups is 3. The molecule has 2 heterocycles. The molecule has 180 valence electrons. The number of urea groups is 1. The summed E-state index contributed by atoms with van der Waals surface area (Å²) in [6.07, 6.45) is 1.01. The summed E-state index contributed by atoms with van der Waals surface area (Å²) in [6.45, 7) is 5.73. The minimum Gasteiger partial charge on any atom is -0.324 e. The summed E-state index contributed by atoms with van der Waals surface area (Å²) in [4.78, 5) is 41.1. The molecule has 0 unspecified atom stereocenters. The van der Waals surface area contributed by atoms with E-state index in [9.17, 15) is 22.8 Å². The maximum Gasteiger partial charge on any atom is 0.321 e. The Morgan fingerprint density at radius 3 is 2.18 bits per heavy atom. The minimum atomic E-state index is -3.46. The quantitative estimate of drug-likeness (QED) is 0.647. The number of fused-ring (bicyclic) bond motifs is 1. The fourth-order valence-corrected chi connectivity index (χ4v) is 4.96. The number of hydrogen-bond acceptors (Lipinski definition) is 5. The van der Waals surface area contributed by atoms with E-state index in [0.29, 0.717) is 42.9 Å². The van der Waals surface area contributed by atoms with Crippen LogP contribution in [0.3, 0.4) is 0 Å². The highest BCUT2D eigenvalue weighted by Crippen LogP contribution is 2.30. The molecule has 2 N–H and O–H groups in total. The monoisotopic (exact) mass is 484 g/mol. The summed E-state index contributed by atoms with van der Waals surface area (Å²) >= 11 is 0. The van der Waals surface area contributed by atoms with E-state index in [4.69, 9.17) is 0 Å². The van der Waals surface area contributed by atoms with Crippen LogP contribution < -0.4 is 14.9 Å². The third-order valence-electron chi connectivity index (χ3n) is 6.06. The first kappa shape index (κ1) is 23.9. The number of hydrogen-bond donors (Lipinski definition) is 2. The molecule has 1 saturated heterocycles. The Morgan fingerprint density at radius 2 is 1.56 bits per heavy atom. The zero-order valence-corrected chi connectivity index (χ0v) is 20.2. The van der Waals surface area contributed by atoms with E-state index in [2.05, 4.69) is 10.0 Å². The summed E-state index contributed by atoms with van der Waals surface area (Å²) in [7, 11) is -3.46. The normalized spacial score (nSPS) is 17.1. The molecule has 10 heteroatoms. The number of nitrogens with zero attached hydrogens (tertiary/aromatic N) is 2. The van der Waals surface area contributed by atoms with Crippen molar-refractivity contribution >= 4 is 39.2 Å². The van der Waals surface area contributed by atoms with E-state index in [1.54, 1.807) is 68.1 Å². The van der Waals surface area contributed by atoms with Crippen LogP contribution in [-0.4, -0.2) is 55.0 Å². The summed E-state index contributed by atoms with van der Waals surface area (Å²) in [5.74, 6) is -0.835. The van der Waals surface area contributed by atoms with Gasteiger partial charge >= 0.3 is 6.03 Å². The maximum absolute atomic E-state index is 12.9. The molecule has 0 spiro atoms. The summed E-state index contributed by atoms with van der Waals surface area (Å²) in [5.41, 5.74) is 1.43. The molecule has 0 aromatic heterocycles. The van der Waals surface area contributed by atoms with Gasteiger partial charge in [0, 0.05) is 24.8 Å². The van der Waals surface area contributed by atoms with E-state index < -0.39 is 26.6 Å². The molecule has 0 saturated carbocycles. The molecule has 0 bridgehead atoms. The second kappa shape index (κ2) is 8.84. The van der Waals surface area contributed by atoms with Crippen molar-refractivity contribution in [3.63, 3.8) is 0 Å². The fourth-order valence-electron chi connectivity index (χ4n) is 3.93. The van der Waals surface area contributed by atoms with Crippen molar-refractivity contribution in [2.75, 3.05) is 23.3 Å². The number of amides is 4. The first-order valence-electron chi connectivity index (χ1n) is 11.1. The number of nitrogens with one attached hydrogen (secondary N) is 2. The van der Waals surface area contributed by atoms with E-state index >= 15 is 0 Å². The molecular formula is C24H28N4O5S. The zero-order chi connectivity index (χ0) is 24.7. The van der Waals surface area contributed by atoms with E-state index in [-0.39, 0.29) is 17.6 Å². The molecule has 1 fully saturated rings. The molecule has 4 amide bonds. The van der Waals surface area contributed by atoms with Crippen LogP contribution in [0, 0.1) is 0 Å². The molecule has 2 aliphatic rings. The van der Waals surface area contributed by atoms with Gasteiger partial charge in [0.2, 0.25) is 10.0 Å². The topological polar surface area (TPSA) is 116 Å². The predicted octanol–water partition coefficient (Wildman–Crippen LogP) is 3.20. The second-order valence-electron chi connectivity index (χ2n) is 9.47. The van der Waals surface area contributed by atoms with Crippen molar-refractivity contribution in [1.82, 2.24) is 9.62 Å². The van der Waals surface area contributed by atoms with Crippen molar-refractivity contribution in [1.29, 1.82) is 0 Å². The molecule has 2 aliphatic heterocycles. The average Bonchev–Trinajstić information content (AvgIpc) is 3.03. The first-order chi connectivity index (χ1) is 16.0. The molecule has 34 heavy (non-hydrogen) atoms. The summed E-state index contributed by atoms with van der Waals surface area (Å²) in [6, 6.07) is 12.8. The van der Waals surface area contributed by atoms with Crippen LogP contribution in [0.25, 0.3) is 0 Å². The zero-order valence-electron chi connectivity index (χ0n) is 19.4. The Balaban J connectivity index is 1.39. The Kier molecular flexibility index (Phi) is 6.22. The van der Waals surface area contributed by atoms with Gasteiger partial charge in [-0.25, -0.2) is 22.8 Å². The number of anilines is 2. The lowest BCUT2D eigenvalue weighted by atomic mass is 10.1. The van der Waals surface area contributed by atoms with Crippen LogP contribution in [0.5, 0.6) is 0 Å². The number of sulfonamides is 1. The summed E-state index contributed by atoms with van der Waals surface area (Å²) in [5, 5.41) is 2.78. The van der Waals surface area contributed by atoms with Crippen molar-refractivity contribution in [3.8, 4) is 0 Å². The summed E-state index contributed by atoms with van der Waals surface area (Å²) < 4.78 is 26.6. The number of benzene rings is 2. The van der Waals surface area contributed by atoms with E-state index in [1.165, 1.54) is 6.07 Å². The van der Waals surface area contributed by atoms with Crippen LogP contribution in [0.4, 0.5) is 16.2 Å². The number of para-hydroxylation sites is 1. The molecule has 9 nitrogen and oxygen atoms in total. The van der Waals surface area contributed by atoms with Gasteiger partial charge in [-0.15, -0.1) is 0 Å². The Bertz CT molecular complexity index is 1230. The SMILES string of the molecule is CC(C)(C)S(=O)(=O)NC1CCN(C(=O)Nc2ccc3c(c2)C(=O)N(c2ccccc2)C3=O)CC1. The van der Waals surface area contributed by atoms with Crippen molar-refractivity contribution in [3.05, 3.63) is 59.7 Å². The van der Waals surface area contributed by atoms with Gasteiger partial charge in [-0.05, 0) is 63.9 Å². The molecular weight excluding hydrogens is 456 g/mol. The van der Waals surface area contributed by atoms with Crippen LogP contribution in [0.15, 0.2) is 48.5 Å². The van der Waals surface area contributed by atoms with E-state index in [0.717, 1.165) is 4.90 Å². The van der Waals surface area contributed by atoms with Gasteiger partial charge in [0.25, 0.3) is 11.8 Å². The minimum absolute atomic E-state index is 0.221. The maximum atomic E-state index is 12.9. The van der Waals surface area contributed by atoms with Crippen LogP contribution in [0.2, 0.25) is 0 Å². The number of rotatable bonds is 4. The lowest BCUT2D eigenvalue weighted by Crippen LogP contribution is -2.50. The lowest BCUT2D eigenvalue weighted by Gasteiger charge is -2.33. The Hall–Kier alpha value is -3.24. The number of carbonyl (C=O) groups excluding carboxylic acids is 3. The van der Waals surface area contributed by atoms with E-state index in [1.807, 2.05) is 0 Å². The largest absolute Gasteiger partial charge is 0.324 e. The van der Waals surface area contributed by atoms with Gasteiger partial charge in [-0.2, -0.15) is 0 Å². The lowest BCUT2D eigenvalue weighted by molar-refractivity contribution is 0.0926. The van der Waals surface area contributed by atoms with Crippen molar-refractivity contribution in [2.24, 2.45) is 0 Å². The number of likely N-dealkylation sites (tertiary alicyclic amines) is 1. The number of piperidine rings is 1. The fraction of sp³-hybridized carbons (Fsp3) is 0.375. The highest BCUT2D eigenvalue weighted by molar-refractivity contribution is 7.90. The standard InChI is InChI=1S/C24H28N4O5S/c1-24(2,3)34(32,33)26-16-11-13-27(14-12-16)23(31)25-17-9-10-19-20(15-17)22(30)28(21(19)29)18-7-5-4-6-8-18/h4-10,15-16,26H,11-14H2,1-3H3,(H,25,31). The molecule has 2 aromatic rings. The van der Waals surface area contributed by atoms with Crippen molar-refractivity contribution in [2.45, 2.75) is 44.4 Å². The van der Waals surface area contributed by atoms with Gasteiger partial charge < -0.3 is 10.2 Å². The Labute approximate surface area is 199 Å². The highest BCUT2D eigenvalue weighted by Gasteiger charge is 2.37. The van der Waals surface area contributed by atoms with Crippen LogP contribution >= 0.6 is 0 Å². The van der Waals surface area contributed by atoms with Gasteiger partial charge in [0.1, 0.15) is 0 Å². The molecule has 0 aliphatic carbocycles. The molecule has 4 rings (SSSR count). The van der Waals surface area contributed by atoms with Crippen LogP contribution in [-0.2, 0) is 10.0 Å². The molecule has 2 aromatic carbocycles. The molecule has 0 atom stereocenters. The smallest absolute Gasteiger partial charge is 0.321 e. The third kappa shape index (κ3) is 4.55. The predicted molar refractivity (Wildman–Crippen MR) is 129 cm³/mol. The van der Waals surface area contributed by atoms with Crippen molar-refractivity contribution < 1.29 is 22.8 Å². The number of imide groups is 1. The van der Waals surface area contributed by atoms with Gasteiger partial charge in [-0.3, -0.25) is 9.59 Å². The Morgan fingerprint density at radius 1 is 0.941 bits per heavy atom. The highest BCUT2D eigenvalue weighted by atomic mass is 32.2. The van der Waals surface area contributed by atoms with Crippen LogP contribution in [0.1, 0.15) is 54.3 Å². The second-order valence-corrected chi connectivity index (χ2v) is 11.9. The molecule has 0 radical (unpaired) electrons. The van der Waals surface area contributed by atoms with Gasteiger partial charge in [-0.1, -0.05) is 18.2 Å². The van der Waals surface area contributed by atoms with Gasteiger partial charge in [0.05, 0.1) is 21.6 Å². The average molecular weight is 485 g/mol. The van der Waals surface area contributed by atoms with Gasteiger partial charge in [0.15, 0.2) is 0 Å². The first-order valence-corrected chi connectivity index (χ1v) is 12.6.